The molecule has 0 aliphatic carbocycles. The molecule has 3 aromatic rings. The summed E-state index contributed by atoms with van der Waals surface area (Å²) in [5, 5.41) is 3.25. The van der Waals surface area contributed by atoms with Gasteiger partial charge in [0.15, 0.2) is 0 Å². The van der Waals surface area contributed by atoms with E-state index in [1.165, 1.54) is 6.07 Å². The van der Waals surface area contributed by atoms with Crippen molar-refractivity contribution in [3.63, 3.8) is 0 Å². The molecular formula is C24H21F3N2. The Morgan fingerprint density at radius 3 is 2.48 bits per heavy atom. The van der Waals surface area contributed by atoms with Gasteiger partial charge >= 0.3 is 6.18 Å². The predicted molar refractivity (Wildman–Crippen MR) is 115 cm³/mol. The van der Waals surface area contributed by atoms with Gasteiger partial charge in [-0.3, -0.25) is 4.99 Å². The van der Waals surface area contributed by atoms with Gasteiger partial charge in [-0.05, 0) is 54.8 Å². The van der Waals surface area contributed by atoms with Crippen molar-refractivity contribution >= 4 is 23.3 Å². The van der Waals surface area contributed by atoms with Gasteiger partial charge in [-0.15, -0.1) is 0 Å². The summed E-state index contributed by atoms with van der Waals surface area (Å²) in [5.41, 5.74) is 4.50. The molecule has 0 aromatic heterocycles. The molecule has 0 radical (unpaired) electrons. The minimum Gasteiger partial charge on any atom is -0.355 e. The molecule has 0 saturated heterocycles. The van der Waals surface area contributed by atoms with Crippen LogP contribution in [0.5, 0.6) is 0 Å². The van der Waals surface area contributed by atoms with E-state index >= 15 is 0 Å². The maximum atomic E-state index is 13.1. The van der Waals surface area contributed by atoms with Gasteiger partial charge in [-0.2, -0.15) is 13.2 Å². The van der Waals surface area contributed by atoms with Crippen LogP contribution in [0.2, 0.25) is 0 Å². The van der Waals surface area contributed by atoms with Crippen LogP contribution in [-0.2, 0) is 6.18 Å². The second-order valence-corrected chi connectivity index (χ2v) is 6.62. The minimum atomic E-state index is -4.39. The van der Waals surface area contributed by atoms with Crippen LogP contribution in [-0.4, -0.2) is 6.21 Å². The van der Waals surface area contributed by atoms with Crippen LogP contribution in [0.3, 0.4) is 0 Å². The molecule has 5 heteroatoms. The summed E-state index contributed by atoms with van der Waals surface area (Å²) in [6.07, 6.45) is -2.66. The highest BCUT2D eigenvalue weighted by molar-refractivity contribution is 5.86. The van der Waals surface area contributed by atoms with Crippen molar-refractivity contribution < 1.29 is 13.2 Å². The Hall–Kier alpha value is -3.34. The topological polar surface area (TPSA) is 24.4 Å². The molecule has 148 valence electrons. The van der Waals surface area contributed by atoms with Gasteiger partial charge in [0.2, 0.25) is 0 Å². The first kappa shape index (κ1) is 20.4. The van der Waals surface area contributed by atoms with Gasteiger partial charge in [0.05, 0.1) is 11.3 Å². The Balaban J connectivity index is 1.95. The average molecular weight is 394 g/mol. The molecule has 3 rings (SSSR count). The van der Waals surface area contributed by atoms with E-state index in [4.69, 9.17) is 0 Å². The Labute approximate surface area is 168 Å². The highest BCUT2D eigenvalue weighted by Crippen LogP contribution is 2.35. The monoisotopic (exact) mass is 394 g/mol. The highest BCUT2D eigenvalue weighted by Gasteiger charge is 2.30. The number of halogens is 3. The van der Waals surface area contributed by atoms with E-state index in [-0.39, 0.29) is 0 Å². The lowest BCUT2D eigenvalue weighted by Gasteiger charge is -2.16. The van der Waals surface area contributed by atoms with E-state index in [0.29, 0.717) is 16.8 Å². The van der Waals surface area contributed by atoms with Gasteiger partial charge in [-0.1, -0.05) is 49.0 Å². The molecule has 0 unspecified atom stereocenters. The molecule has 0 spiro atoms. The van der Waals surface area contributed by atoms with Crippen LogP contribution in [0.25, 0.3) is 16.8 Å². The van der Waals surface area contributed by atoms with Gasteiger partial charge in [0.25, 0.3) is 0 Å². The second-order valence-electron chi connectivity index (χ2n) is 6.62. The third kappa shape index (κ3) is 4.74. The lowest BCUT2D eigenvalue weighted by molar-refractivity contribution is -0.137. The summed E-state index contributed by atoms with van der Waals surface area (Å²) >= 11 is 0. The predicted octanol–water partition coefficient (Wildman–Crippen LogP) is 7.49. The van der Waals surface area contributed by atoms with E-state index in [9.17, 15) is 13.2 Å². The standard InChI is InChI=1S/C24H21F3N2/c1-4-28-23-15-20(13-12-16(23)2)29-17(3)21-10-5-6-11-22(21)18-8-7-9-19(14-18)24(25,26)27/h4-15,29H,3H2,1-2H3. The zero-order valence-electron chi connectivity index (χ0n) is 16.2. The van der Waals surface area contributed by atoms with Crippen LogP contribution in [0.1, 0.15) is 23.6 Å². The number of alkyl halides is 3. The number of nitrogens with one attached hydrogen (secondary N) is 1. The van der Waals surface area contributed by atoms with Gasteiger partial charge in [0.1, 0.15) is 0 Å². The lowest BCUT2D eigenvalue weighted by Crippen LogP contribution is -2.05. The fourth-order valence-electron chi connectivity index (χ4n) is 3.07. The number of benzene rings is 3. The molecule has 0 heterocycles. The van der Waals surface area contributed by atoms with Gasteiger partial charge < -0.3 is 5.32 Å². The van der Waals surface area contributed by atoms with Gasteiger partial charge in [0, 0.05) is 23.2 Å². The lowest BCUT2D eigenvalue weighted by atomic mass is 9.96. The number of rotatable bonds is 5. The number of hydrogen-bond acceptors (Lipinski definition) is 2. The Kier molecular flexibility index (Phi) is 5.87. The zero-order chi connectivity index (χ0) is 21.0. The molecule has 0 aliphatic rings. The third-order valence-corrected chi connectivity index (χ3v) is 4.53. The maximum absolute atomic E-state index is 13.1. The molecule has 2 nitrogen and oxygen atoms in total. The SMILES string of the molecule is C=C(Nc1ccc(C)c(N=CC)c1)c1ccccc1-c1cccc(C(F)(F)F)c1. The number of aliphatic imine (C=N–C) groups is 1. The quantitative estimate of drug-likeness (QED) is 0.446. The Bertz CT molecular complexity index is 1070. The fraction of sp³-hybridized carbons (Fsp3) is 0.125. The third-order valence-electron chi connectivity index (χ3n) is 4.53. The average Bonchev–Trinajstić information content (AvgIpc) is 2.70. The Morgan fingerprint density at radius 1 is 1.00 bits per heavy atom. The zero-order valence-corrected chi connectivity index (χ0v) is 16.2. The summed E-state index contributed by atoms with van der Waals surface area (Å²) in [6.45, 7) is 7.93. The second kappa shape index (κ2) is 8.35. The number of anilines is 1. The summed E-state index contributed by atoms with van der Waals surface area (Å²) in [6, 6.07) is 18.4. The summed E-state index contributed by atoms with van der Waals surface area (Å²) < 4.78 is 39.4. The molecule has 0 amide bonds. The van der Waals surface area contributed by atoms with Crippen molar-refractivity contribution in [2.45, 2.75) is 20.0 Å². The summed E-state index contributed by atoms with van der Waals surface area (Å²) in [4.78, 5) is 4.34. The van der Waals surface area contributed by atoms with E-state index < -0.39 is 11.7 Å². The molecule has 0 aliphatic heterocycles. The van der Waals surface area contributed by atoms with E-state index in [1.54, 1.807) is 24.4 Å². The molecular weight excluding hydrogens is 373 g/mol. The first-order valence-corrected chi connectivity index (χ1v) is 9.12. The van der Waals surface area contributed by atoms with Crippen LogP contribution >= 0.6 is 0 Å². The molecule has 3 aromatic carbocycles. The van der Waals surface area contributed by atoms with Crippen molar-refractivity contribution in [2.24, 2.45) is 4.99 Å². The van der Waals surface area contributed by atoms with E-state index in [1.807, 2.05) is 44.2 Å². The molecule has 0 bridgehead atoms. The fourth-order valence-corrected chi connectivity index (χ4v) is 3.07. The van der Waals surface area contributed by atoms with Crippen LogP contribution in [0, 0.1) is 6.92 Å². The molecule has 0 atom stereocenters. The van der Waals surface area contributed by atoms with Crippen molar-refractivity contribution in [3.8, 4) is 11.1 Å². The number of aryl methyl sites for hydroxylation is 1. The largest absolute Gasteiger partial charge is 0.416 e. The minimum absolute atomic E-state index is 0.485. The van der Waals surface area contributed by atoms with Crippen LogP contribution in [0.4, 0.5) is 24.5 Å². The van der Waals surface area contributed by atoms with E-state index in [2.05, 4.69) is 16.9 Å². The normalized spacial score (nSPS) is 11.6. The van der Waals surface area contributed by atoms with Crippen LogP contribution < -0.4 is 5.32 Å². The van der Waals surface area contributed by atoms with Crippen molar-refractivity contribution in [2.75, 3.05) is 5.32 Å². The molecule has 1 N–H and O–H groups in total. The number of hydrogen-bond donors (Lipinski definition) is 1. The first-order valence-electron chi connectivity index (χ1n) is 9.12. The number of nitrogens with zero attached hydrogens (tertiary/aromatic N) is 1. The van der Waals surface area contributed by atoms with Crippen molar-refractivity contribution in [1.82, 2.24) is 0 Å². The highest BCUT2D eigenvalue weighted by atomic mass is 19.4. The van der Waals surface area contributed by atoms with Crippen molar-refractivity contribution in [3.05, 3.63) is 90.0 Å². The van der Waals surface area contributed by atoms with Crippen molar-refractivity contribution in [1.29, 1.82) is 0 Å². The maximum Gasteiger partial charge on any atom is 0.416 e. The summed E-state index contributed by atoms with van der Waals surface area (Å²) in [5.74, 6) is 0. The van der Waals surface area contributed by atoms with Crippen LogP contribution in [0.15, 0.2) is 78.3 Å². The first-order chi connectivity index (χ1) is 13.8. The summed E-state index contributed by atoms with van der Waals surface area (Å²) in [7, 11) is 0. The molecule has 29 heavy (non-hydrogen) atoms. The van der Waals surface area contributed by atoms with Gasteiger partial charge in [-0.25, -0.2) is 0 Å². The molecule has 0 fully saturated rings. The van der Waals surface area contributed by atoms with E-state index in [0.717, 1.165) is 34.6 Å². The smallest absolute Gasteiger partial charge is 0.355 e. The molecule has 0 saturated carbocycles. The Morgan fingerprint density at radius 2 is 1.76 bits per heavy atom.